The number of thiophene rings is 1. The van der Waals surface area contributed by atoms with Gasteiger partial charge in [0.15, 0.2) is 0 Å². The van der Waals surface area contributed by atoms with E-state index in [9.17, 15) is 4.79 Å². The quantitative estimate of drug-likeness (QED) is 0.645. The van der Waals surface area contributed by atoms with Crippen LogP contribution in [0.25, 0.3) is 10.9 Å². The van der Waals surface area contributed by atoms with Gasteiger partial charge in [0.05, 0.1) is 5.56 Å². The fraction of sp³-hybridized carbons (Fsp3) is 0.133. The van der Waals surface area contributed by atoms with Gasteiger partial charge in [0.2, 0.25) is 0 Å². The molecule has 0 saturated heterocycles. The van der Waals surface area contributed by atoms with Crippen LogP contribution >= 0.6 is 11.3 Å². The first-order chi connectivity index (χ1) is 9.74. The number of amides is 1. The first-order valence-electron chi connectivity index (χ1n) is 6.40. The zero-order valence-corrected chi connectivity index (χ0v) is 11.7. The number of benzene rings is 1. The number of aromatic amines is 1. The summed E-state index contributed by atoms with van der Waals surface area (Å²) in [6, 6.07) is 7.58. The molecule has 0 unspecified atom stereocenters. The van der Waals surface area contributed by atoms with Crippen molar-refractivity contribution in [3.63, 3.8) is 0 Å². The number of nitrogen functional groups attached to an aromatic ring is 1. The van der Waals surface area contributed by atoms with Crippen LogP contribution in [0.15, 0.2) is 41.2 Å². The fourth-order valence-corrected chi connectivity index (χ4v) is 2.89. The average Bonchev–Trinajstić information content (AvgIpc) is 3.07. The first kappa shape index (κ1) is 12.7. The summed E-state index contributed by atoms with van der Waals surface area (Å²) in [6.07, 6.45) is 2.58. The Bertz CT molecular complexity index is 731. The van der Waals surface area contributed by atoms with E-state index in [1.165, 1.54) is 5.56 Å². The monoisotopic (exact) mass is 285 g/mol. The molecular formula is C15H15N3OS. The van der Waals surface area contributed by atoms with Gasteiger partial charge in [-0.3, -0.25) is 4.79 Å². The largest absolute Gasteiger partial charge is 0.399 e. The van der Waals surface area contributed by atoms with Crippen LogP contribution < -0.4 is 11.1 Å². The molecule has 3 rings (SSSR count). The fourth-order valence-electron chi connectivity index (χ4n) is 2.18. The number of nitrogens with two attached hydrogens (primary N) is 1. The van der Waals surface area contributed by atoms with Gasteiger partial charge in [-0.1, -0.05) is 0 Å². The summed E-state index contributed by atoms with van der Waals surface area (Å²) in [5.74, 6) is -0.0590. The molecule has 0 atom stereocenters. The van der Waals surface area contributed by atoms with E-state index < -0.39 is 0 Å². The second-order valence-corrected chi connectivity index (χ2v) is 5.42. The SMILES string of the molecule is Nc1ccc2c(C(=O)NCCc3ccsc3)c[nH]c2c1. The summed E-state index contributed by atoms with van der Waals surface area (Å²) in [4.78, 5) is 15.2. The predicted octanol–water partition coefficient (Wildman–Crippen LogP) is 2.78. The predicted molar refractivity (Wildman–Crippen MR) is 83.1 cm³/mol. The summed E-state index contributed by atoms with van der Waals surface area (Å²) in [5.41, 5.74) is 9.20. The van der Waals surface area contributed by atoms with Crippen molar-refractivity contribution < 1.29 is 4.79 Å². The van der Waals surface area contributed by atoms with E-state index in [0.29, 0.717) is 17.8 Å². The maximum Gasteiger partial charge on any atom is 0.253 e. The molecule has 4 nitrogen and oxygen atoms in total. The molecule has 2 heterocycles. The van der Waals surface area contributed by atoms with Crippen LogP contribution in [-0.4, -0.2) is 17.4 Å². The zero-order chi connectivity index (χ0) is 13.9. The number of carbonyl (C=O) groups excluding carboxylic acids is 1. The molecule has 20 heavy (non-hydrogen) atoms. The molecule has 0 fully saturated rings. The van der Waals surface area contributed by atoms with E-state index in [2.05, 4.69) is 21.7 Å². The maximum atomic E-state index is 12.2. The molecular weight excluding hydrogens is 270 g/mol. The van der Waals surface area contributed by atoms with Crippen molar-refractivity contribution >= 4 is 33.8 Å². The van der Waals surface area contributed by atoms with Gasteiger partial charge in [-0.05, 0) is 47.0 Å². The topological polar surface area (TPSA) is 70.9 Å². The maximum absolute atomic E-state index is 12.2. The number of H-pyrrole nitrogens is 1. The number of hydrogen-bond acceptors (Lipinski definition) is 3. The highest BCUT2D eigenvalue weighted by Crippen LogP contribution is 2.20. The van der Waals surface area contributed by atoms with E-state index in [-0.39, 0.29) is 5.91 Å². The van der Waals surface area contributed by atoms with Crippen LogP contribution in [0, 0.1) is 0 Å². The lowest BCUT2D eigenvalue weighted by Crippen LogP contribution is -2.25. The van der Waals surface area contributed by atoms with Crippen molar-refractivity contribution in [1.29, 1.82) is 0 Å². The summed E-state index contributed by atoms with van der Waals surface area (Å²) in [6.45, 7) is 0.636. The number of nitrogens with one attached hydrogen (secondary N) is 2. The second-order valence-electron chi connectivity index (χ2n) is 4.64. The van der Waals surface area contributed by atoms with Crippen molar-refractivity contribution in [1.82, 2.24) is 10.3 Å². The molecule has 3 aromatic rings. The first-order valence-corrected chi connectivity index (χ1v) is 7.34. The molecule has 1 amide bonds. The molecule has 0 aliphatic carbocycles. The van der Waals surface area contributed by atoms with Gasteiger partial charge in [0.25, 0.3) is 5.91 Å². The standard InChI is InChI=1S/C15H15N3OS/c16-11-1-2-12-13(8-18-14(12)7-11)15(19)17-5-3-10-4-6-20-9-10/h1-2,4,6-9,18H,3,5,16H2,(H,17,19). The minimum Gasteiger partial charge on any atom is -0.399 e. The van der Waals surface area contributed by atoms with Gasteiger partial charge in [0.1, 0.15) is 0 Å². The third-order valence-electron chi connectivity index (χ3n) is 3.23. The van der Waals surface area contributed by atoms with Crippen LogP contribution in [0.1, 0.15) is 15.9 Å². The van der Waals surface area contributed by atoms with Crippen LogP contribution in [0.5, 0.6) is 0 Å². The summed E-state index contributed by atoms with van der Waals surface area (Å²) < 4.78 is 0. The van der Waals surface area contributed by atoms with Crippen molar-refractivity contribution in [2.45, 2.75) is 6.42 Å². The Kier molecular flexibility index (Phi) is 3.43. The van der Waals surface area contributed by atoms with Crippen molar-refractivity contribution in [3.8, 4) is 0 Å². The van der Waals surface area contributed by atoms with E-state index in [0.717, 1.165) is 17.3 Å². The van der Waals surface area contributed by atoms with Gasteiger partial charge in [-0.15, -0.1) is 0 Å². The number of fused-ring (bicyclic) bond motifs is 1. The molecule has 0 radical (unpaired) electrons. The Morgan fingerprint density at radius 1 is 1.35 bits per heavy atom. The van der Waals surface area contributed by atoms with Gasteiger partial charge < -0.3 is 16.0 Å². The van der Waals surface area contributed by atoms with Crippen molar-refractivity contribution in [2.75, 3.05) is 12.3 Å². The van der Waals surface area contributed by atoms with E-state index >= 15 is 0 Å². The van der Waals surface area contributed by atoms with Gasteiger partial charge in [-0.25, -0.2) is 0 Å². The zero-order valence-electron chi connectivity index (χ0n) is 10.8. The highest BCUT2D eigenvalue weighted by Gasteiger charge is 2.11. The Morgan fingerprint density at radius 2 is 2.25 bits per heavy atom. The second kappa shape index (κ2) is 5.38. The molecule has 0 bridgehead atoms. The molecule has 2 aromatic heterocycles. The third-order valence-corrected chi connectivity index (χ3v) is 3.96. The van der Waals surface area contributed by atoms with Crippen LogP contribution in [0.3, 0.4) is 0 Å². The lowest BCUT2D eigenvalue weighted by atomic mass is 10.1. The smallest absolute Gasteiger partial charge is 0.253 e. The molecule has 1 aromatic carbocycles. The minimum atomic E-state index is -0.0590. The Hall–Kier alpha value is -2.27. The summed E-state index contributed by atoms with van der Waals surface area (Å²) in [7, 11) is 0. The summed E-state index contributed by atoms with van der Waals surface area (Å²) in [5, 5.41) is 7.98. The van der Waals surface area contributed by atoms with Crippen molar-refractivity contribution in [3.05, 3.63) is 52.3 Å². The van der Waals surface area contributed by atoms with Crippen LogP contribution in [-0.2, 0) is 6.42 Å². The molecule has 102 valence electrons. The van der Waals surface area contributed by atoms with Crippen LogP contribution in [0.2, 0.25) is 0 Å². The lowest BCUT2D eigenvalue weighted by Gasteiger charge is -2.03. The van der Waals surface area contributed by atoms with Crippen LogP contribution in [0.4, 0.5) is 5.69 Å². The van der Waals surface area contributed by atoms with Gasteiger partial charge in [-0.2, -0.15) is 11.3 Å². The molecule has 0 saturated carbocycles. The number of rotatable bonds is 4. The highest BCUT2D eigenvalue weighted by atomic mass is 32.1. The Balaban J connectivity index is 1.69. The number of aromatic nitrogens is 1. The lowest BCUT2D eigenvalue weighted by molar-refractivity contribution is 0.0956. The average molecular weight is 285 g/mol. The van der Waals surface area contributed by atoms with E-state index in [1.807, 2.05) is 17.5 Å². The number of anilines is 1. The summed E-state index contributed by atoms with van der Waals surface area (Å²) >= 11 is 1.67. The van der Waals surface area contributed by atoms with E-state index in [1.54, 1.807) is 23.6 Å². The molecule has 4 N–H and O–H groups in total. The normalized spacial score (nSPS) is 10.8. The molecule has 0 aliphatic heterocycles. The third kappa shape index (κ3) is 2.53. The molecule has 0 aliphatic rings. The molecule has 0 spiro atoms. The Morgan fingerprint density at radius 3 is 3.05 bits per heavy atom. The number of carbonyl (C=O) groups is 1. The van der Waals surface area contributed by atoms with Crippen molar-refractivity contribution in [2.24, 2.45) is 0 Å². The highest BCUT2D eigenvalue weighted by molar-refractivity contribution is 7.07. The van der Waals surface area contributed by atoms with Gasteiger partial charge in [0, 0.05) is 29.3 Å². The van der Waals surface area contributed by atoms with Gasteiger partial charge >= 0.3 is 0 Å². The Labute approximate surface area is 120 Å². The minimum absolute atomic E-state index is 0.0590. The molecule has 5 heteroatoms. The number of hydrogen-bond donors (Lipinski definition) is 3. The van der Waals surface area contributed by atoms with E-state index in [4.69, 9.17) is 5.73 Å².